The van der Waals surface area contributed by atoms with Gasteiger partial charge in [-0.1, -0.05) is 0 Å². The zero-order chi connectivity index (χ0) is 14.8. The molecule has 1 aromatic heterocycles. The molecule has 1 aromatic carbocycles. The van der Waals surface area contributed by atoms with Crippen molar-refractivity contribution in [1.82, 2.24) is 4.72 Å². The molecule has 0 atom stereocenters. The summed E-state index contributed by atoms with van der Waals surface area (Å²) < 4.78 is 27.3. The average Bonchev–Trinajstić information content (AvgIpc) is 2.83. The minimum absolute atomic E-state index is 0.146. The molecule has 0 amide bonds. The summed E-state index contributed by atoms with van der Waals surface area (Å²) in [5.74, 6) is 0. The second-order valence-corrected chi connectivity index (χ2v) is 7.72. The summed E-state index contributed by atoms with van der Waals surface area (Å²) >= 11 is 5.03. The summed E-state index contributed by atoms with van der Waals surface area (Å²) in [6.07, 6.45) is 0. The van der Waals surface area contributed by atoms with Gasteiger partial charge in [-0.25, -0.2) is 13.1 Å². The molecule has 0 radical (unpaired) electrons. The first kappa shape index (κ1) is 15.3. The highest BCUT2D eigenvalue weighted by Crippen LogP contribution is 2.27. The zero-order valence-electron chi connectivity index (χ0n) is 10.7. The molecule has 2 rings (SSSR count). The predicted octanol–water partition coefficient (Wildman–Crippen LogP) is 2.61. The van der Waals surface area contributed by atoms with E-state index in [0.29, 0.717) is 17.9 Å². The number of sulfonamides is 1. The van der Waals surface area contributed by atoms with Crippen LogP contribution in [0.15, 0.2) is 39.0 Å². The molecular formula is C12H14BrN3O2S2. The summed E-state index contributed by atoms with van der Waals surface area (Å²) in [5.41, 5.74) is 6.59. The van der Waals surface area contributed by atoms with Crippen molar-refractivity contribution < 1.29 is 8.42 Å². The SMILES string of the molecule is CNS(=O)(=O)c1cc(N)ccc1NCc1sccc1Br. The molecule has 0 aliphatic carbocycles. The number of benzene rings is 1. The van der Waals surface area contributed by atoms with Gasteiger partial charge in [-0.2, -0.15) is 0 Å². The second kappa shape index (κ2) is 6.13. The number of nitrogens with one attached hydrogen (secondary N) is 2. The number of halogens is 1. The third-order valence-electron chi connectivity index (χ3n) is 2.69. The van der Waals surface area contributed by atoms with Crippen LogP contribution in [-0.4, -0.2) is 15.5 Å². The molecule has 0 fully saturated rings. The van der Waals surface area contributed by atoms with Crippen molar-refractivity contribution >= 4 is 48.7 Å². The number of hydrogen-bond acceptors (Lipinski definition) is 5. The summed E-state index contributed by atoms with van der Waals surface area (Å²) in [4.78, 5) is 1.24. The minimum atomic E-state index is -3.55. The Balaban J connectivity index is 2.30. The summed E-state index contributed by atoms with van der Waals surface area (Å²) in [5, 5.41) is 5.10. The average molecular weight is 376 g/mol. The van der Waals surface area contributed by atoms with Gasteiger partial charge in [-0.3, -0.25) is 0 Å². The molecule has 0 aliphatic rings. The van der Waals surface area contributed by atoms with Crippen LogP contribution >= 0.6 is 27.3 Å². The Labute approximate surface area is 130 Å². The van der Waals surface area contributed by atoms with Crippen LogP contribution in [0.4, 0.5) is 11.4 Å². The maximum atomic E-state index is 12.0. The first-order valence-electron chi connectivity index (χ1n) is 5.73. The highest BCUT2D eigenvalue weighted by Gasteiger charge is 2.17. The number of nitrogen functional groups attached to an aromatic ring is 1. The van der Waals surface area contributed by atoms with Crippen molar-refractivity contribution in [1.29, 1.82) is 0 Å². The van der Waals surface area contributed by atoms with Crippen LogP contribution < -0.4 is 15.8 Å². The standard InChI is InChI=1S/C12H14BrN3O2S2/c1-15-20(17,18)12-6-8(14)2-3-10(12)16-7-11-9(13)4-5-19-11/h2-6,15-16H,7,14H2,1H3. The fraction of sp³-hybridized carbons (Fsp3) is 0.167. The Hall–Kier alpha value is -1.09. The van der Waals surface area contributed by atoms with Crippen LogP contribution in [0.1, 0.15) is 4.88 Å². The number of nitrogens with two attached hydrogens (primary N) is 1. The van der Waals surface area contributed by atoms with E-state index in [1.807, 2.05) is 11.4 Å². The Morgan fingerprint density at radius 1 is 1.35 bits per heavy atom. The van der Waals surface area contributed by atoms with Crippen molar-refractivity contribution in [3.8, 4) is 0 Å². The number of anilines is 2. The van der Waals surface area contributed by atoms with Gasteiger partial charge in [0, 0.05) is 15.0 Å². The first-order valence-corrected chi connectivity index (χ1v) is 8.88. The van der Waals surface area contributed by atoms with Crippen LogP contribution in [-0.2, 0) is 16.6 Å². The lowest BCUT2D eigenvalue weighted by atomic mass is 10.3. The molecule has 5 nitrogen and oxygen atoms in total. The Morgan fingerprint density at radius 2 is 2.10 bits per heavy atom. The van der Waals surface area contributed by atoms with Gasteiger partial charge in [0.2, 0.25) is 10.0 Å². The van der Waals surface area contributed by atoms with Crippen molar-refractivity contribution in [2.24, 2.45) is 0 Å². The Bertz CT molecular complexity index is 713. The molecule has 0 saturated carbocycles. The summed E-state index contributed by atoms with van der Waals surface area (Å²) in [6, 6.07) is 6.73. The molecule has 0 unspecified atom stereocenters. The predicted molar refractivity (Wildman–Crippen MR) is 86.4 cm³/mol. The molecule has 0 bridgehead atoms. The number of thiophene rings is 1. The van der Waals surface area contributed by atoms with E-state index in [1.54, 1.807) is 23.5 Å². The van der Waals surface area contributed by atoms with Crippen LogP contribution in [0.25, 0.3) is 0 Å². The quantitative estimate of drug-likeness (QED) is 0.701. The maximum Gasteiger partial charge on any atom is 0.242 e. The van der Waals surface area contributed by atoms with Gasteiger partial charge < -0.3 is 11.1 Å². The minimum Gasteiger partial charge on any atom is -0.399 e. The van der Waals surface area contributed by atoms with Gasteiger partial charge in [-0.15, -0.1) is 11.3 Å². The fourth-order valence-corrected chi connectivity index (χ4v) is 4.02. The summed E-state index contributed by atoms with van der Waals surface area (Å²) in [6.45, 7) is 0.536. The smallest absolute Gasteiger partial charge is 0.242 e. The molecular weight excluding hydrogens is 362 g/mol. The molecule has 0 saturated heterocycles. The maximum absolute atomic E-state index is 12.0. The molecule has 108 valence electrons. The third-order valence-corrected chi connectivity index (χ3v) is 6.07. The van der Waals surface area contributed by atoms with E-state index in [2.05, 4.69) is 26.0 Å². The zero-order valence-corrected chi connectivity index (χ0v) is 13.9. The van der Waals surface area contributed by atoms with Crippen LogP contribution in [0.3, 0.4) is 0 Å². The molecule has 0 spiro atoms. The molecule has 4 N–H and O–H groups in total. The highest BCUT2D eigenvalue weighted by atomic mass is 79.9. The Morgan fingerprint density at radius 3 is 2.70 bits per heavy atom. The van der Waals surface area contributed by atoms with Crippen LogP contribution in [0.5, 0.6) is 0 Å². The van der Waals surface area contributed by atoms with E-state index in [4.69, 9.17) is 5.73 Å². The van der Waals surface area contributed by atoms with E-state index in [1.165, 1.54) is 13.1 Å². The van der Waals surface area contributed by atoms with Gasteiger partial charge in [0.25, 0.3) is 0 Å². The topological polar surface area (TPSA) is 84.2 Å². The third kappa shape index (κ3) is 3.32. The van der Waals surface area contributed by atoms with Gasteiger partial charge in [0.15, 0.2) is 0 Å². The monoisotopic (exact) mass is 375 g/mol. The van der Waals surface area contributed by atoms with Crippen molar-refractivity contribution in [2.45, 2.75) is 11.4 Å². The lowest BCUT2D eigenvalue weighted by molar-refractivity contribution is 0.588. The summed E-state index contributed by atoms with van der Waals surface area (Å²) in [7, 11) is -2.18. The lowest BCUT2D eigenvalue weighted by Crippen LogP contribution is -2.20. The van der Waals surface area contributed by atoms with E-state index >= 15 is 0 Å². The number of rotatable bonds is 5. The van der Waals surface area contributed by atoms with Crippen molar-refractivity contribution in [3.05, 3.63) is 39.0 Å². The first-order chi connectivity index (χ1) is 9.44. The lowest BCUT2D eigenvalue weighted by Gasteiger charge is -2.12. The van der Waals surface area contributed by atoms with Gasteiger partial charge in [0.05, 0.1) is 12.2 Å². The van der Waals surface area contributed by atoms with E-state index in [0.717, 1.165) is 9.35 Å². The largest absolute Gasteiger partial charge is 0.399 e. The molecule has 0 aliphatic heterocycles. The molecule has 2 aromatic rings. The molecule has 8 heteroatoms. The van der Waals surface area contributed by atoms with Crippen LogP contribution in [0.2, 0.25) is 0 Å². The van der Waals surface area contributed by atoms with Crippen molar-refractivity contribution in [2.75, 3.05) is 18.1 Å². The molecule has 20 heavy (non-hydrogen) atoms. The van der Waals surface area contributed by atoms with E-state index in [9.17, 15) is 8.42 Å². The fourth-order valence-electron chi connectivity index (χ4n) is 1.64. The van der Waals surface area contributed by atoms with Gasteiger partial charge in [-0.05, 0) is 52.6 Å². The second-order valence-electron chi connectivity index (χ2n) is 4.01. The van der Waals surface area contributed by atoms with E-state index in [-0.39, 0.29) is 4.90 Å². The normalized spacial score (nSPS) is 11.5. The highest BCUT2D eigenvalue weighted by molar-refractivity contribution is 9.10. The molecule has 1 heterocycles. The Kier molecular flexibility index (Phi) is 4.69. The van der Waals surface area contributed by atoms with E-state index < -0.39 is 10.0 Å². The number of hydrogen-bond donors (Lipinski definition) is 3. The van der Waals surface area contributed by atoms with Crippen molar-refractivity contribution in [3.63, 3.8) is 0 Å². The van der Waals surface area contributed by atoms with Crippen LogP contribution in [0, 0.1) is 0 Å². The van der Waals surface area contributed by atoms with Gasteiger partial charge >= 0.3 is 0 Å². The van der Waals surface area contributed by atoms with Gasteiger partial charge in [0.1, 0.15) is 4.90 Å².